The second-order valence-corrected chi connectivity index (χ2v) is 6.58. The zero-order valence-corrected chi connectivity index (χ0v) is 15.8. The van der Waals surface area contributed by atoms with Crippen molar-refractivity contribution in [1.82, 2.24) is 20.2 Å². The smallest absolute Gasteiger partial charge is 0.255 e. The van der Waals surface area contributed by atoms with Gasteiger partial charge in [0.05, 0.1) is 12.7 Å². The summed E-state index contributed by atoms with van der Waals surface area (Å²) in [6.45, 7) is 3.84. The van der Waals surface area contributed by atoms with Crippen LogP contribution in [0.3, 0.4) is 0 Å². The summed E-state index contributed by atoms with van der Waals surface area (Å²) in [6.07, 6.45) is 0. The fourth-order valence-electron chi connectivity index (χ4n) is 3.32. The summed E-state index contributed by atoms with van der Waals surface area (Å²) in [5.74, 6) is 0.899. The Morgan fingerprint density at radius 2 is 1.89 bits per heavy atom. The SMILES string of the molecule is COc1ccccc1C1C(C(=O)Nc2ccc(C)cc2)=C(C)Nc2nnnn21. The minimum absolute atomic E-state index is 0.231. The number of tetrazole rings is 1. The Morgan fingerprint density at radius 3 is 2.64 bits per heavy atom. The first-order valence-electron chi connectivity index (χ1n) is 8.85. The molecule has 8 heteroatoms. The molecule has 3 aromatic rings. The van der Waals surface area contributed by atoms with Gasteiger partial charge in [-0.3, -0.25) is 4.79 Å². The van der Waals surface area contributed by atoms with E-state index in [0.717, 1.165) is 16.8 Å². The molecule has 1 atom stereocenters. The maximum atomic E-state index is 13.2. The van der Waals surface area contributed by atoms with Gasteiger partial charge >= 0.3 is 0 Å². The van der Waals surface area contributed by atoms with Gasteiger partial charge < -0.3 is 15.4 Å². The van der Waals surface area contributed by atoms with Crippen LogP contribution in [0.25, 0.3) is 0 Å². The van der Waals surface area contributed by atoms with E-state index in [1.807, 2.05) is 62.4 Å². The largest absolute Gasteiger partial charge is 0.496 e. The number of fused-ring (bicyclic) bond motifs is 1. The van der Waals surface area contributed by atoms with Gasteiger partial charge in [-0.2, -0.15) is 4.68 Å². The van der Waals surface area contributed by atoms with Gasteiger partial charge in [-0.15, -0.1) is 0 Å². The van der Waals surface area contributed by atoms with Crippen molar-refractivity contribution in [2.75, 3.05) is 17.7 Å². The van der Waals surface area contributed by atoms with E-state index in [9.17, 15) is 4.79 Å². The number of methoxy groups -OCH3 is 1. The van der Waals surface area contributed by atoms with Crippen LogP contribution in [0.4, 0.5) is 11.6 Å². The van der Waals surface area contributed by atoms with Crippen LogP contribution in [0.1, 0.15) is 24.1 Å². The number of benzene rings is 2. The fraction of sp³-hybridized carbons (Fsp3) is 0.200. The Labute approximate surface area is 162 Å². The highest BCUT2D eigenvalue weighted by Gasteiger charge is 2.35. The normalized spacial score (nSPS) is 15.6. The molecule has 0 saturated heterocycles. The molecular weight excluding hydrogens is 356 g/mol. The molecule has 142 valence electrons. The number of carbonyl (C=O) groups excluding carboxylic acids is 1. The van der Waals surface area contributed by atoms with Crippen LogP contribution in [0.5, 0.6) is 5.75 Å². The molecule has 0 aliphatic carbocycles. The Morgan fingerprint density at radius 1 is 1.14 bits per heavy atom. The van der Waals surface area contributed by atoms with Crippen LogP contribution >= 0.6 is 0 Å². The first-order chi connectivity index (χ1) is 13.6. The van der Waals surface area contributed by atoms with Crippen molar-refractivity contribution in [2.45, 2.75) is 19.9 Å². The zero-order valence-electron chi connectivity index (χ0n) is 15.8. The Balaban J connectivity index is 1.78. The van der Waals surface area contributed by atoms with Gasteiger partial charge in [0.25, 0.3) is 5.91 Å². The quantitative estimate of drug-likeness (QED) is 0.727. The highest BCUT2D eigenvalue weighted by Crippen LogP contribution is 2.38. The topological polar surface area (TPSA) is 94.0 Å². The first kappa shape index (κ1) is 17.7. The van der Waals surface area contributed by atoms with Gasteiger partial charge in [-0.05, 0) is 42.5 Å². The predicted octanol–water partition coefficient (Wildman–Crippen LogP) is 2.92. The molecule has 1 amide bonds. The lowest BCUT2D eigenvalue weighted by molar-refractivity contribution is -0.113. The number of nitrogens with zero attached hydrogens (tertiary/aromatic N) is 4. The first-order valence-corrected chi connectivity index (χ1v) is 8.85. The number of hydrogen-bond donors (Lipinski definition) is 2. The van der Waals surface area contributed by atoms with Crippen LogP contribution in [-0.2, 0) is 4.79 Å². The summed E-state index contributed by atoms with van der Waals surface area (Å²) in [6, 6.07) is 14.7. The van der Waals surface area contributed by atoms with Crippen molar-refractivity contribution in [3.63, 3.8) is 0 Å². The van der Waals surface area contributed by atoms with E-state index >= 15 is 0 Å². The van der Waals surface area contributed by atoms with Crippen LogP contribution in [0.2, 0.25) is 0 Å². The number of anilines is 2. The molecule has 28 heavy (non-hydrogen) atoms. The number of amides is 1. The predicted molar refractivity (Wildman–Crippen MR) is 105 cm³/mol. The van der Waals surface area contributed by atoms with Crippen molar-refractivity contribution in [3.8, 4) is 5.75 Å². The second-order valence-electron chi connectivity index (χ2n) is 6.58. The summed E-state index contributed by atoms with van der Waals surface area (Å²) in [7, 11) is 1.60. The van der Waals surface area contributed by atoms with Gasteiger partial charge in [-0.25, -0.2) is 0 Å². The molecule has 0 radical (unpaired) electrons. The molecule has 1 unspecified atom stereocenters. The van der Waals surface area contributed by atoms with Crippen molar-refractivity contribution in [2.24, 2.45) is 0 Å². The standard InChI is InChI=1S/C20H20N6O2/c1-12-8-10-14(11-9-12)22-19(27)17-13(2)21-20-23-24-25-26(20)18(17)15-6-4-5-7-16(15)28-3/h4-11,18H,1-3H3,(H,22,27)(H,21,23,25). The number of hydrogen-bond acceptors (Lipinski definition) is 6. The van der Waals surface area contributed by atoms with Crippen LogP contribution in [0.15, 0.2) is 59.8 Å². The third-order valence-electron chi connectivity index (χ3n) is 4.70. The molecule has 0 fully saturated rings. The van der Waals surface area contributed by atoms with E-state index < -0.39 is 6.04 Å². The second kappa shape index (κ2) is 7.15. The Bertz CT molecular complexity index is 1050. The molecule has 2 N–H and O–H groups in total. The number of carbonyl (C=O) groups is 1. The van der Waals surface area contributed by atoms with E-state index in [-0.39, 0.29) is 5.91 Å². The number of ether oxygens (including phenoxy) is 1. The Hall–Kier alpha value is -3.68. The van der Waals surface area contributed by atoms with Crippen molar-refractivity contribution < 1.29 is 9.53 Å². The molecule has 4 rings (SSSR count). The monoisotopic (exact) mass is 376 g/mol. The number of nitrogens with one attached hydrogen (secondary N) is 2. The molecular formula is C20H20N6O2. The third-order valence-corrected chi connectivity index (χ3v) is 4.70. The molecule has 0 bridgehead atoms. The molecule has 1 aliphatic rings. The van der Waals surface area contributed by atoms with Gasteiger partial charge in [0, 0.05) is 16.9 Å². The van der Waals surface area contributed by atoms with Crippen molar-refractivity contribution in [1.29, 1.82) is 0 Å². The van der Waals surface area contributed by atoms with Crippen LogP contribution in [-0.4, -0.2) is 33.2 Å². The van der Waals surface area contributed by atoms with E-state index in [1.165, 1.54) is 0 Å². The van der Waals surface area contributed by atoms with Crippen LogP contribution < -0.4 is 15.4 Å². The highest BCUT2D eigenvalue weighted by atomic mass is 16.5. The molecule has 0 saturated carbocycles. The summed E-state index contributed by atoms with van der Waals surface area (Å²) in [5.41, 5.74) is 3.84. The third kappa shape index (κ3) is 3.09. The maximum absolute atomic E-state index is 13.2. The lowest BCUT2D eigenvalue weighted by Gasteiger charge is -2.28. The van der Waals surface area contributed by atoms with Gasteiger partial charge in [0.1, 0.15) is 11.8 Å². The molecule has 8 nitrogen and oxygen atoms in total. The average molecular weight is 376 g/mol. The summed E-state index contributed by atoms with van der Waals surface area (Å²) in [5, 5.41) is 17.9. The maximum Gasteiger partial charge on any atom is 0.255 e. The molecule has 2 heterocycles. The molecule has 2 aromatic carbocycles. The number of rotatable bonds is 4. The van der Waals surface area contributed by atoms with Crippen molar-refractivity contribution in [3.05, 3.63) is 70.9 Å². The lowest BCUT2D eigenvalue weighted by Crippen LogP contribution is -2.31. The highest BCUT2D eigenvalue weighted by molar-refractivity contribution is 6.06. The summed E-state index contributed by atoms with van der Waals surface area (Å²) in [4.78, 5) is 13.2. The van der Waals surface area contributed by atoms with E-state index in [2.05, 4.69) is 26.2 Å². The number of allylic oxidation sites excluding steroid dienone is 1. The Kier molecular flexibility index (Phi) is 4.52. The number of para-hydroxylation sites is 1. The summed E-state index contributed by atoms with van der Waals surface area (Å²) >= 11 is 0. The molecule has 1 aromatic heterocycles. The summed E-state index contributed by atoms with van der Waals surface area (Å²) < 4.78 is 7.12. The fourth-order valence-corrected chi connectivity index (χ4v) is 3.32. The van der Waals surface area contributed by atoms with E-state index in [4.69, 9.17) is 4.74 Å². The number of aryl methyl sites for hydroxylation is 1. The zero-order chi connectivity index (χ0) is 19.7. The lowest BCUT2D eigenvalue weighted by atomic mass is 9.94. The van der Waals surface area contributed by atoms with Crippen molar-refractivity contribution >= 4 is 17.5 Å². The van der Waals surface area contributed by atoms with E-state index in [1.54, 1.807) is 11.8 Å². The van der Waals surface area contributed by atoms with E-state index in [0.29, 0.717) is 23.0 Å². The van der Waals surface area contributed by atoms with Crippen LogP contribution in [0, 0.1) is 6.92 Å². The minimum atomic E-state index is -0.521. The van der Waals surface area contributed by atoms with Gasteiger partial charge in [0.15, 0.2) is 0 Å². The van der Waals surface area contributed by atoms with Gasteiger partial charge in [-0.1, -0.05) is 41.0 Å². The number of aromatic nitrogens is 4. The molecule has 0 spiro atoms. The average Bonchev–Trinajstić information content (AvgIpc) is 3.16. The van der Waals surface area contributed by atoms with Gasteiger partial charge in [0.2, 0.25) is 5.95 Å². The minimum Gasteiger partial charge on any atom is -0.496 e. The molecule has 1 aliphatic heterocycles.